The second-order valence-electron chi connectivity index (χ2n) is 5.20. The summed E-state index contributed by atoms with van der Waals surface area (Å²) >= 11 is 1.60. The molecule has 4 nitrogen and oxygen atoms in total. The predicted molar refractivity (Wildman–Crippen MR) is 82.4 cm³/mol. The molecule has 0 N–H and O–H groups in total. The van der Waals surface area contributed by atoms with Crippen LogP contribution < -0.4 is 4.74 Å². The first-order chi connectivity index (χ1) is 10.3. The van der Waals surface area contributed by atoms with E-state index in [1.165, 1.54) is 0 Å². The molecule has 1 aliphatic carbocycles. The van der Waals surface area contributed by atoms with E-state index in [-0.39, 0.29) is 5.91 Å². The van der Waals surface area contributed by atoms with E-state index in [1.807, 2.05) is 34.5 Å². The number of nitrogens with zero attached hydrogens (tertiary/aromatic N) is 2. The van der Waals surface area contributed by atoms with Crippen LogP contribution in [0.2, 0.25) is 0 Å². The molecule has 1 heterocycles. The van der Waals surface area contributed by atoms with Gasteiger partial charge >= 0.3 is 0 Å². The van der Waals surface area contributed by atoms with Gasteiger partial charge in [0.1, 0.15) is 10.8 Å². The van der Waals surface area contributed by atoms with Gasteiger partial charge in [-0.3, -0.25) is 4.79 Å². The Morgan fingerprint density at radius 1 is 1.38 bits per heavy atom. The number of aromatic nitrogens is 1. The highest BCUT2D eigenvalue weighted by molar-refractivity contribution is 7.09. The van der Waals surface area contributed by atoms with Crippen molar-refractivity contribution in [3.05, 3.63) is 46.4 Å². The van der Waals surface area contributed by atoms with Crippen LogP contribution >= 0.6 is 11.3 Å². The zero-order valence-electron chi connectivity index (χ0n) is 12.0. The summed E-state index contributed by atoms with van der Waals surface area (Å²) in [5, 5.41) is 2.96. The number of ether oxygens (including phenoxy) is 1. The van der Waals surface area contributed by atoms with Crippen molar-refractivity contribution < 1.29 is 9.53 Å². The number of hydrogen-bond donors (Lipinski definition) is 0. The molecular weight excluding hydrogens is 284 g/mol. The summed E-state index contributed by atoms with van der Waals surface area (Å²) in [6, 6.07) is 8.09. The van der Waals surface area contributed by atoms with Crippen molar-refractivity contribution in [3.63, 3.8) is 0 Å². The lowest BCUT2D eigenvalue weighted by Gasteiger charge is -2.21. The number of carbonyl (C=O) groups is 1. The molecule has 110 valence electrons. The Balaban J connectivity index is 1.66. The van der Waals surface area contributed by atoms with Crippen molar-refractivity contribution in [2.24, 2.45) is 0 Å². The normalized spacial score (nSPS) is 14.0. The first kappa shape index (κ1) is 14.1. The van der Waals surface area contributed by atoms with Crippen LogP contribution in [0.3, 0.4) is 0 Å². The molecule has 3 rings (SSSR count). The van der Waals surface area contributed by atoms with Crippen LogP contribution in [0.15, 0.2) is 35.8 Å². The largest absolute Gasteiger partial charge is 0.497 e. The average Bonchev–Trinajstić information content (AvgIpc) is 3.21. The van der Waals surface area contributed by atoms with Gasteiger partial charge in [-0.1, -0.05) is 12.1 Å². The molecule has 5 heteroatoms. The minimum atomic E-state index is 0.179. The van der Waals surface area contributed by atoms with Gasteiger partial charge < -0.3 is 9.64 Å². The van der Waals surface area contributed by atoms with Gasteiger partial charge in [0.2, 0.25) is 5.91 Å². The quantitative estimate of drug-likeness (QED) is 0.824. The molecule has 2 aromatic rings. The summed E-state index contributed by atoms with van der Waals surface area (Å²) in [5.74, 6) is 0.992. The summed E-state index contributed by atoms with van der Waals surface area (Å²) in [7, 11) is 1.64. The van der Waals surface area contributed by atoms with E-state index in [4.69, 9.17) is 4.74 Å². The third-order valence-electron chi connectivity index (χ3n) is 3.61. The maximum atomic E-state index is 12.5. The van der Waals surface area contributed by atoms with Gasteiger partial charge in [-0.25, -0.2) is 4.98 Å². The van der Waals surface area contributed by atoms with Crippen molar-refractivity contribution in [1.82, 2.24) is 9.88 Å². The first-order valence-corrected chi connectivity index (χ1v) is 7.95. The molecule has 0 saturated heterocycles. The zero-order valence-corrected chi connectivity index (χ0v) is 12.8. The van der Waals surface area contributed by atoms with E-state index < -0.39 is 0 Å². The molecule has 0 unspecified atom stereocenters. The summed E-state index contributed by atoms with van der Waals surface area (Å²) in [6.45, 7) is 0.636. The first-order valence-electron chi connectivity index (χ1n) is 7.07. The monoisotopic (exact) mass is 302 g/mol. The Hall–Kier alpha value is -1.88. The van der Waals surface area contributed by atoms with E-state index >= 15 is 0 Å². The second kappa shape index (κ2) is 6.26. The average molecular weight is 302 g/mol. The molecule has 0 bridgehead atoms. The Morgan fingerprint density at radius 2 is 2.14 bits per heavy atom. The van der Waals surface area contributed by atoms with Crippen LogP contribution in [0.5, 0.6) is 5.75 Å². The number of amides is 1. The lowest BCUT2D eigenvalue weighted by Crippen LogP contribution is -2.33. The topological polar surface area (TPSA) is 42.4 Å². The van der Waals surface area contributed by atoms with Gasteiger partial charge in [-0.2, -0.15) is 0 Å². The van der Waals surface area contributed by atoms with Gasteiger partial charge in [-0.15, -0.1) is 11.3 Å². The standard InChI is InChI=1S/C16H18N2O2S/c1-20-14-6-2-12(3-7-14)10-16(19)18(13-4-5-13)11-15-17-8-9-21-15/h2-3,6-9,13H,4-5,10-11H2,1H3. The summed E-state index contributed by atoms with van der Waals surface area (Å²) in [6.07, 6.45) is 4.45. The fraction of sp³-hybridized carbons (Fsp3) is 0.375. The molecule has 1 aromatic carbocycles. The third kappa shape index (κ3) is 3.61. The Kier molecular flexibility index (Phi) is 4.20. The van der Waals surface area contributed by atoms with Crippen LogP contribution in [0.25, 0.3) is 0 Å². The number of methoxy groups -OCH3 is 1. The molecule has 1 aromatic heterocycles. The lowest BCUT2D eigenvalue weighted by molar-refractivity contribution is -0.131. The minimum Gasteiger partial charge on any atom is -0.497 e. The SMILES string of the molecule is COc1ccc(CC(=O)N(Cc2nccs2)C2CC2)cc1. The van der Waals surface area contributed by atoms with Crippen molar-refractivity contribution >= 4 is 17.2 Å². The van der Waals surface area contributed by atoms with E-state index in [1.54, 1.807) is 24.6 Å². The summed E-state index contributed by atoms with van der Waals surface area (Å²) in [5.41, 5.74) is 1.02. The predicted octanol–water partition coefficient (Wildman–Crippen LogP) is 2.89. The van der Waals surface area contributed by atoms with Gasteiger partial charge in [0, 0.05) is 17.6 Å². The fourth-order valence-corrected chi connectivity index (χ4v) is 2.92. The molecular formula is C16H18N2O2S. The van der Waals surface area contributed by atoms with E-state index in [9.17, 15) is 4.79 Å². The maximum absolute atomic E-state index is 12.5. The Bertz CT molecular complexity index is 591. The molecule has 0 atom stereocenters. The van der Waals surface area contributed by atoms with Crippen LogP contribution in [-0.2, 0) is 17.8 Å². The van der Waals surface area contributed by atoms with Gasteiger partial charge in [0.25, 0.3) is 0 Å². The molecule has 0 aliphatic heterocycles. The third-order valence-corrected chi connectivity index (χ3v) is 4.38. The van der Waals surface area contributed by atoms with Gasteiger partial charge in [-0.05, 0) is 30.5 Å². The Labute approximate surface area is 128 Å². The van der Waals surface area contributed by atoms with Crippen molar-refractivity contribution in [1.29, 1.82) is 0 Å². The fourth-order valence-electron chi connectivity index (χ4n) is 2.30. The van der Waals surface area contributed by atoms with E-state index in [0.717, 1.165) is 29.2 Å². The highest BCUT2D eigenvalue weighted by Crippen LogP contribution is 2.29. The Morgan fingerprint density at radius 3 is 2.71 bits per heavy atom. The van der Waals surface area contributed by atoms with E-state index in [0.29, 0.717) is 19.0 Å². The van der Waals surface area contributed by atoms with Crippen LogP contribution in [0.4, 0.5) is 0 Å². The molecule has 21 heavy (non-hydrogen) atoms. The molecule has 0 spiro atoms. The number of benzene rings is 1. The van der Waals surface area contributed by atoms with Gasteiger partial charge in [0.15, 0.2) is 0 Å². The van der Waals surface area contributed by atoms with Crippen LogP contribution in [0.1, 0.15) is 23.4 Å². The molecule has 1 fully saturated rings. The number of rotatable bonds is 6. The molecule has 1 amide bonds. The van der Waals surface area contributed by atoms with E-state index in [2.05, 4.69) is 4.98 Å². The number of thiazole rings is 1. The second-order valence-corrected chi connectivity index (χ2v) is 6.18. The van der Waals surface area contributed by atoms with Crippen LogP contribution in [0, 0.1) is 0 Å². The van der Waals surface area contributed by atoms with Crippen LogP contribution in [-0.4, -0.2) is 28.9 Å². The molecule has 1 aliphatic rings. The smallest absolute Gasteiger partial charge is 0.227 e. The zero-order chi connectivity index (χ0) is 14.7. The summed E-state index contributed by atoms with van der Waals surface area (Å²) < 4.78 is 5.14. The highest BCUT2D eigenvalue weighted by atomic mass is 32.1. The molecule has 0 radical (unpaired) electrons. The number of hydrogen-bond acceptors (Lipinski definition) is 4. The summed E-state index contributed by atoms with van der Waals surface area (Å²) in [4.78, 5) is 18.8. The maximum Gasteiger partial charge on any atom is 0.227 e. The van der Waals surface area contributed by atoms with Crippen molar-refractivity contribution in [2.45, 2.75) is 31.8 Å². The minimum absolute atomic E-state index is 0.179. The molecule has 1 saturated carbocycles. The van der Waals surface area contributed by atoms with Crippen molar-refractivity contribution in [2.75, 3.05) is 7.11 Å². The lowest BCUT2D eigenvalue weighted by atomic mass is 10.1. The van der Waals surface area contributed by atoms with Crippen molar-refractivity contribution in [3.8, 4) is 5.75 Å². The number of carbonyl (C=O) groups excluding carboxylic acids is 1. The highest BCUT2D eigenvalue weighted by Gasteiger charge is 2.32. The van der Waals surface area contributed by atoms with Gasteiger partial charge in [0.05, 0.1) is 20.1 Å².